The Labute approximate surface area is 97.0 Å². The predicted octanol–water partition coefficient (Wildman–Crippen LogP) is 2.55. The maximum atomic E-state index is 10.2. The summed E-state index contributed by atoms with van der Waals surface area (Å²) in [6, 6.07) is 1.92. The van der Waals surface area contributed by atoms with Crippen LogP contribution in [0.5, 0.6) is 11.5 Å². The van der Waals surface area contributed by atoms with Gasteiger partial charge in [-0.25, -0.2) is 0 Å². The molecule has 3 heteroatoms. The highest BCUT2D eigenvalue weighted by Gasteiger charge is 2.26. The van der Waals surface area contributed by atoms with E-state index in [2.05, 4.69) is 0 Å². The molecule has 0 saturated heterocycles. The largest absolute Gasteiger partial charge is 0.496 e. The summed E-state index contributed by atoms with van der Waals surface area (Å²) in [5.74, 6) is 1.50. The van der Waals surface area contributed by atoms with Gasteiger partial charge in [-0.1, -0.05) is 0 Å². The number of aryl methyl sites for hydroxylation is 1. The van der Waals surface area contributed by atoms with Crippen molar-refractivity contribution in [3.63, 3.8) is 0 Å². The number of rotatable bonds is 3. The summed E-state index contributed by atoms with van der Waals surface area (Å²) in [6.07, 6.45) is 0. The van der Waals surface area contributed by atoms with Crippen LogP contribution in [0.3, 0.4) is 0 Å². The zero-order valence-electron chi connectivity index (χ0n) is 10.8. The second-order valence-electron chi connectivity index (χ2n) is 4.49. The van der Waals surface area contributed by atoms with Gasteiger partial charge in [-0.05, 0) is 39.3 Å². The van der Waals surface area contributed by atoms with Gasteiger partial charge in [0.2, 0.25) is 0 Å². The van der Waals surface area contributed by atoms with Crippen molar-refractivity contribution in [1.82, 2.24) is 0 Å². The van der Waals surface area contributed by atoms with Gasteiger partial charge in [-0.2, -0.15) is 0 Å². The molecule has 1 aromatic carbocycles. The summed E-state index contributed by atoms with van der Waals surface area (Å²) in [7, 11) is 3.24. The predicted molar refractivity (Wildman–Crippen MR) is 64.3 cm³/mol. The molecule has 0 aliphatic carbocycles. The molecule has 1 N–H and O–H groups in total. The van der Waals surface area contributed by atoms with E-state index in [0.29, 0.717) is 0 Å². The lowest BCUT2D eigenvalue weighted by atomic mass is 9.90. The van der Waals surface area contributed by atoms with E-state index in [1.807, 2.05) is 19.9 Å². The van der Waals surface area contributed by atoms with Crippen molar-refractivity contribution in [2.45, 2.75) is 33.3 Å². The molecular weight excluding hydrogens is 204 g/mol. The minimum Gasteiger partial charge on any atom is -0.496 e. The van der Waals surface area contributed by atoms with Crippen molar-refractivity contribution in [2.24, 2.45) is 0 Å². The molecule has 0 saturated carbocycles. The maximum absolute atomic E-state index is 10.2. The first-order valence-corrected chi connectivity index (χ1v) is 5.28. The quantitative estimate of drug-likeness (QED) is 0.857. The minimum absolute atomic E-state index is 0.728. The molecule has 0 radical (unpaired) electrons. The normalized spacial score (nSPS) is 11.4. The van der Waals surface area contributed by atoms with Gasteiger partial charge in [-0.3, -0.25) is 0 Å². The van der Waals surface area contributed by atoms with E-state index in [1.165, 1.54) is 0 Å². The van der Waals surface area contributed by atoms with E-state index in [9.17, 15) is 5.11 Å². The molecule has 0 aliphatic heterocycles. The fourth-order valence-electron chi connectivity index (χ4n) is 2.07. The lowest BCUT2D eigenvalue weighted by Crippen LogP contribution is -2.19. The van der Waals surface area contributed by atoms with E-state index >= 15 is 0 Å². The molecule has 0 amide bonds. The third-order valence-electron chi connectivity index (χ3n) is 2.71. The Morgan fingerprint density at radius 3 is 2.06 bits per heavy atom. The van der Waals surface area contributed by atoms with E-state index in [4.69, 9.17) is 9.47 Å². The first-order chi connectivity index (χ1) is 7.32. The van der Waals surface area contributed by atoms with Crippen LogP contribution in [0.15, 0.2) is 6.07 Å². The molecule has 1 aromatic rings. The van der Waals surface area contributed by atoms with Crippen molar-refractivity contribution in [1.29, 1.82) is 0 Å². The van der Waals surface area contributed by atoms with E-state index in [0.717, 1.165) is 28.2 Å². The number of ether oxygens (including phenoxy) is 2. The van der Waals surface area contributed by atoms with Crippen molar-refractivity contribution < 1.29 is 14.6 Å². The van der Waals surface area contributed by atoms with E-state index in [-0.39, 0.29) is 0 Å². The van der Waals surface area contributed by atoms with Gasteiger partial charge in [0, 0.05) is 11.1 Å². The summed E-state index contributed by atoms with van der Waals surface area (Å²) in [6.45, 7) is 7.36. The van der Waals surface area contributed by atoms with Crippen LogP contribution < -0.4 is 9.47 Å². The van der Waals surface area contributed by atoms with Gasteiger partial charge in [0.25, 0.3) is 0 Å². The van der Waals surface area contributed by atoms with Crippen LogP contribution >= 0.6 is 0 Å². The Morgan fingerprint density at radius 1 is 1.12 bits per heavy atom. The summed E-state index contributed by atoms with van der Waals surface area (Å²) in [5.41, 5.74) is 1.71. The molecule has 0 aromatic heterocycles. The molecule has 90 valence electrons. The van der Waals surface area contributed by atoms with Crippen molar-refractivity contribution >= 4 is 0 Å². The molecule has 0 aliphatic rings. The van der Waals surface area contributed by atoms with E-state index < -0.39 is 5.60 Å². The molecule has 0 atom stereocenters. The Hall–Kier alpha value is -1.22. The SMILES string of the molecule is COc1cc(C)c(OC)c(C(C)(C)O)c1C. The van der Waals surface area contributed by atoms with Crippen molar-refractivity contribution in [2.75, 3.05) is 14.2 Å². The van der Waals surface area contributed by atoms with Crippen LogP contribution in [0.1, 0.15) is 30.5 Å². The van der Waals surface area contributed by atoms with E-state index in [1.54, 1.807) is 28.1 Å². The topological polar surface area (TPSA) is 38.7 Å². The Morgan fingerprint density at radius 2 is 1.69 bits per heavy atom. The van der Waals surface area contributed by atoms with Gasteiger partial charge < -0.3 is 14.6 Å². The molecule has 1 rings (SSSR count). The van der Waals surface area contributed by atoms with Gasteiger partial charge in [0.05, 0.1) is 19.8 Å². The average Bonchev–Trinajstić information content (AvgIpc) is 2.18. The summed E-state index contributed by atoms with van der Waals surface area (Å²) in [5, 5.41) is 10.2. The summed E-state index contributed by atoms with van der Waals surface area (Å²) < 4.78 is 10.7. The number of hydrogen-bond donors (Lipinski definition) is 1. The zero-order valence-corrected chi connectivity index (χ0v) is 10.8. The van der Waals surface area contributed by atoms with Gasteiger partial charge in [0.1, 0.15) is 11.5 Å². The molecule has 3 nitrogen and oxygen atoms in total. The highest BCUT2D eigenvalue weighted by atomic mass is 16.5. The number of hydrogen-bond acceptors (Lipinski definition) is 3. The molecule has 0 heterocycles. The summed E-state index contributed by atoms with van der Waals surface area (Å²) in [4.78, 5) is 0. The Balaban J connectivity index is 3.59. The molecular formula is C13H20O3. The number of aliphatic hydroxyl groups is 1. The first kappa shape index (κ1) is 12.8. The summed E-state index contributed by atoms with van der Waals surface area (Å²) >= 11 is 0. The fourth-order valence-corrected chi connectivity index (χ4v) is 2.07. The molecule has 0 fully saturated rings. The maximum Gasteiger partial charge on any atom is 0.128 e. The van der Waals surface area contributed by atoms with Crippen molar-refractivity contribution in [3.05, 3.63) is 22.8 Å². The van der Waals surface area contributed by atoms with Crippen LogP contribution in [0, 0.1) is 13.8 Å². The molecule has 0 unspecified atom stereocenters. The second-order valence-corrected chi connectivity index (χ2v) is 4.49. The van der Waals surface area contributed by atoms with Gasteiger partial charge >= 0.3 is 0 Å². The van der Waals surface area contributed by atoms with Crippen LogP contribution in [-0.2, 0) is 5.60 Å². The van der Waals surface area contributed by atoms with Crippen molar-refractivity contribution in [3.8, 4) is 11.5 Å². The number of methoxy groups -OCH3 is 2. The Bertz CT molecular complexity index is 389. The third-order valence-corrected chi connectivity index (χ3v) is 2.71. The third kappa shape index (κ3) is 2.14. The van der Waals surface area contributed by atoms with Crippen LogP contribution in [0.25, 0.3) is 0 Å². The zero-order chi connectivity index (χ0) is 12.5. The van der Waals surface area contributed by atoms with Gasteiger partial charge in [0.15, 0.2) is 0 Å². The van der Waals surface area contributed by atoms with Crippen LogP contribution in [0.4, 0.5) is 0 Å². The van der Waals surface area contributed by atoms with Crippen LogP contribution in [0.2, 0.25) is 0 Å². The second kappa shape index (κ2) is 4.34. The monoisotopic (exact) mass is 224 g/mol. The minimum atomic E-state index is -0.950. The van der Waals surface area contributed by atoms with Crippen LogP contribution in [-0.4, -0.2) is 19.3 Å². The number of benzene rings is 1. The highest BCUT2D eigenvalue weighted by Crippen LogP contribution is 2.39. The average molecular weight is 224 g/mol. The molecule has 0 bridgehead atoms. The molecule has 0 spiro atoms. The lowest BCUT2D eigenvalue weighted by Gasteiger charge is -2.25. The lowest BCUT2D eigenvalue weighted by molar-refractivity contribution is 0.0745. The highest BCUT2D eigenvalue weighted by molar-refractivity contribution is 5.54. The molecule has 16 heavy (non-hydrogen) atoms. The standard InChI is InChI=1S/C13H20O3/c1-8-7-10(15-5)9(2)11(12(8)16-6)13(3,4)14/h7,14H,1-6H3. The Kier molecular flexibility index (Phi) is 3.48. The first-order valence-electron chi connectivity index (χ1n) is 5.28. The smallest absolute Gasteiger partial charge is 0.128 e. The fraction of sp³-hybridized carbons (Fsp3) is 0.538. The van der Waals surface area contributed by atoms with Gasteiger partial charge in [-0.15, -0.1) is 0 Å².